The van der Waals surface area contributed by atoms with Gasteiger partial charge in [0.25, 0.3) is 5.91 Å². The molecule has 0 aliphatic carbocycles. The van der Waals surface area contributed by atoms with Crippen LogP contribution in [-0.2, 0) is 9.53 Å². The van der Waals surface area contributed by atoms with Gasteiger partial charge in [0.15, 0.2) is 0 Å². The van der Waals surface area contributed by atoms with Crippen LogP contribution in [0.5, 0.6) is 0 Å². The van der Waals surface area contributed by atoms with Crippen LogP contribution in [0, 0.1) is 0 Å². The van der Waals surface area contributed by atoms with Crippen molar-refractivity contribution in [2.45, 2.75) is 25.4 Å². The summed E-state index contributed by atoms with van der Waals surface area (Å²) in [6.45, 7) is 2.25. The highest BCUT2D eigenvalue weighted by atomic mass is 35.5. The summed E-state index contributed by atoms with van der Waals surface area (Å²) in [5.74, 6) is -0.195. The number of anilines is 2. The summed E-state index contributed by atoms with van der Waals surface area (Å²) in [6.07, 6.45) is 3.08. The van der Waals surface area contributed by atoms with Gasteiger partial charge in [0, 0.05) is 26.7 Å². The van der Waals surface area contributed by atoms with Gasteiger partial charge in [-0.05, 0) is 31.4 Å². The van der Waals surface area contributed by atoms with Crippen LogP contribution in [0.3, 0.4) is 0 Å². The Bertz CT molecular complexity index is 450. The van der Waals surface area contributed by atoms with Crippen LogP contribution in [0.25, 0.3) is 0 Å². The molecule has 1 heterocycles. The van der Waals surface area contributed by atoms with Crippen molar-refractivity contribution in [1.29, 1.82) is 0 Å². The molecular formula is C15H25Cl2N3O2. The van der Waals surface area contributed by atoms with Gasteiger partial charge in [-0.15, -0.1) is 24.8 Å². The predicted molar refractivity (Wildman–Crippen MR) is 95.5 cm³/mol. The van der Waals surface area contributed by atoms with E-state index < -0.39 is 6.10 Å². The summed E-state index contributed by atoms with van der Waals surface area (Å²) in [4.78, 5) is 14.4. The number of benzene rings is 1. The second kappa shape index (κ2) is 10.7. The van der Waals surface area contributed by atoms with Crippen molar-refractivity contribution in [2.75, 3.05) is 37.0 Å². The third-order valence-corrected chi connectivity index (χ3v) is 3.65. The molecular weight excluding hydrogens is 325 g/mol. The number of methoxy groups -OCH3 is 1. The molecule has 1 aliphatic rings. The highest BCUT2D eigenvalue weighted by molar-refractivity contribution is 5.97. The van der Waals surface area contributed by atoms with Crippen molar-refractivity contribution < 1.29 is 9.53 Å². The number of amides is 1. The molecule has 0 bridgehead atoms. The van der Waals surface area contributed by atoms with E-state index in [2.05, 4.69) is 10.2 Å². The molecule has 1 saturated heterocycles. The Kier molecular flexibility index (Phi) is 10.2. The quantitative estimate of drug-likeness (QED) is 0.856. The number of piperidine rings is 1. The first-order chi connectivity index (χ1) is 9.76. The molecule has 7 heteroatoms. The first-order valence-electron chi connectivity index (χ1n) is 7.14. The number of nitrogens with zero attached hydrogens (tertiary/aromatic N) is 1. The molecule has 3 N–H and O–H groups in total. The van der Waals surface area contributed by atoms with E-state index >= 15 is 0 Å². The third kappa shape index (κ3) is 5.32. The summed E-state index contributed by atoms with van der Waals surface area (Å²) < 4.78 is 5.07. The molecule has 1 fully saturated rings. The van der Waals surface area contributed by atoms with Crippen molar-refractivity contribution in [1.82, 2.24) is 0 Å². The molecule has 1 amide bonds. The lowest BCUT2D eigenvalue weighted by Gasteiger charge is -2.30. The van der Waals surface area contributed by atoms with Gasteiger partial charge in [-0.2, -0.15) is 0 Å². The topological polar surface area (TPSA) is 67.6 Å². The molecule has 1 aromatic rings. The highest BCUT2D eigenvalue weighted by Crippen LogP contribution is 2.28. The van der Waals surface area contributed by atoms with E-state index in [9.17, 15) is 4.79 Å². The largest absolute Gasteiger partial charge is 0.370 e. The molecule has 2 rings (SSSR count). The van der Waals surface area contributed by atoms with Crippen LogP contribution in [-0.4, -0.2) is 38.8 Å². The highest BCUT2D eigenvalue weighted by Gasteiger charge is 2.19. The van der Waals surface area contributed by atoms with E-state index in [1.54, 1.807) is 0 Å². The smallest absolute Gasteiger partial charge is 0.254 e. The van der Waals surface area contributed by atoms with E-state index in [1.807, 2.05) is 24.3 Å². The predicted octanol–water partition coefficient (Wildman–Crippen LogP) is 2.43. The SMILES string of the molecule is COC(CN)C(=O)Nc1ccccc1N1CCCCC1.Cl.Cl. The van der Waals surface area contributed by atoms with E-state index in [-0.39, 0.29) is 37.3 Å². The molecule has 22 heavy (non-hydrogen) atoms. The van der Waals surface area contributed by atoms with Gasteiger partial charge < -0.3 is 20.7 Å². The van der Waals surface area contributed by atoms with Crippen LogP contribution >= 0.6 is 24.8 Å². The minimum absolute atomic E-state index is 0. The van der Waals surface area contributed by atoms with Gasteiger partial charge in [-0.1, -0.05) is 12.1 Å². The van der Waals surface area contributed by atoms with Crippen LogP contribution in [0.15, 0.2) is 24.3 Å². The minimum atomic E-state index is -0.607. The molecule has 1 aromatic carbocycles. The lowest BCUT2D eigenvalue weighted by molar-refractivity contribution is -0.125. The number of para-hydroxylation sites is 2. The number of hydrogen-bond acceptors (Lipinski definition) is 4. The number of carbonyl (C=O) groups is 1. The van der Waals surface area contributed by atoms with Crippen LogP contribution in [0.1, 0.15) is 19.3 Å². The van der Waals surface area contributed by atoms with Crippen LogP contribution in [0.2, 0.25) is 0 Å². The zero-order chi connectivity index (χ0) is 14.4. The summed E-state index contributed by atoms with van der Waals surface area (Å²) in [6, 6.07) is 7.89. The molecule has 5 nitrogen and oxygen atoms in total. The zero-order valence-electron chi connectivity index (χ0n) is 12.8. The average molecular weight is 350 g/mol. The molecule has 0 spiro atoms. The standard InChI is InChI=1S/C15H23N3O2.2ClH/c1-20-14(11-16)15(19)17-12-7-3-4-8-13(12)18-9-5-2-6-10-18;;/h3-4,7-8,14H,2,5-6,9-11,16H2,1H3,(H,17,19);2*1H. The molecule has 1 aliphatic heterocycles. The molecule has 0 saturated carbocycles. The van der Waals surface area contributed by atoms with E-state index in [0.717, 1.165) is 24.5 Å². The van der Waals surface area contributed by atoms with Gasteiger partial charge in [-0.25, -0.2) is 0 Å². The number of ether oxygens (including phenoxy) is 1. The van der Waals surface area contributed by atoms with E-state index in [1.165, 1.54) is 26.4 Å². The number of carbonyl (C=O) groups excluding carboxylic acids is 1. The number of nitrogens with one attached hydrogen (secondary N) is 1. The molecule has 126 valence electrons. The van der Waals surface area contributed by atoms with Crippen LogP contribution in [0.4, 0.5) is 11.4 Å². The van der Waals surface area contributed by atoms with E-state index in [4.69, 9.17) is 10.5 Å². The fourth-order valence-corrected chi connectivity index (χ4v) is 2.51. The molecule has 0 radical (unpaired) electrons. The Balaban J connectivity index is 0.00000220. The number of nitrogens with two attached hydrogens (primary N) is 1. The Morgan fingerprint density at radius 1 is 1.27 bits per heavy atom. The number of hydrogen-bond donors (Lipinski definition) is 2. The maximum atomic E-state index is 12.1. The van der Waals surface area contributed by atoms with Crippen molar-refractivity contribution >= 4 is 42.1 Å². The fourth-order valence-electron chi connectivity index (χ4n) is 2.51. The first kappa shape index (κ1) is 21.0. The van der Waals surface area contributed by atoms with Gasteiger partial charge in [0.05, 0.1) is 11.4 Å². The molecule has 0 aromatic heterocycles. The summed E-state index contributed by atoms with van der Waals surface area (Å²) in [5.41, 5.74) is 7.43. The van der Waals surface area contributed by atoms with Gasteiger partial charge in [0.1, 0.15) is 6.10 Å². The van der Waals surface area contributed by atoms with Gasteiger partial charge >= 0.3 is 0 Å². The van der Waals surface area contributed by atoms with Crippen LogP contribution < -0.4 is 16.0 Å². The lowest BCUT2D eigenvalue weighted by atomic mass is 10.1. The molecule has 1 unspecified atom stereocenters. The maximum Gasteiger partial charge on any atom is 0.254 e. The van der Waals surface area contributed by atoms with Crippen molar-refractivity contribution in [3.63, 3.8) is 0 Å². The molecule has 1 atom stereocenters. The summed E-state index contributed by atoms with van der Waals surface area (Å²) in [7, 11) is 1.49. The monoisotopic (exact) mass is 349 g/mol. The Hall–Kier alpha value is -1.01. The zero-order valence-corrected chi connectivity index (χ0v) is 14.4. The summed E-state index contributed by atoms with van der Waals surface area (Å²) >= 11 is 0. The van der Waals surface area contributed by atoms with Gasteiger partial charge in [0.2, 0.25) is 0 Å². The minimum Gasteiger partial charge on any atom is -0.370 e. The lowest BCUT2D eigenvalue weighted by Crippen LogP contribution is -2.37. The second-order valence-corrected chi connectivity index (χ2v) is 5.01. The normalized spacial score (nSPS) is 15.3. The Morgan fingerprint density at radius 2 is 1.91 bits per heavy atom. The number of halogens is 2. The average Bonchev–Trinajstić information content (AvgIpc) is 2.50. The number of rotatable bonds is 5. The van der Waals surface area contributed by atoms with Crippen molar-refractivity contribution in [3.05, 3.63) is 24.3 Å². The first-order valence-corrected chi connectivity index (χ1v) is 7.14. The third-order valence-electron chi connectivity index (χ3n) is 3.65. The van der Waals surface area contributed by atoms with Gasteiger partial charge in [-0.3, -0.25) is 4.79 Å². The second-order valence-electron chi connectivity index (χ2n) is 5.01. The van der Waals surface area contributed by atoms with Crippen molar-refractivity contribution in [3.8, 4) is 0 Å². The van der Waals surface area contributed by atoms with E-state index in [0.29, 0.717) is 0 Å². The van der Waals surface area contributed by atoms with Crippen molar-refractivity contribution in [2.24, 2.45) is 5.73 Å². The summed E-state index contributed by atoms with van der Waals surface area (Å²) in [5, 5.41) is 2.92. The Labute approximate surface area is 144 Å². The fraction of sp³-hybridized carbons (Fsp3) is 0.533. The Morgan fingerprint density at radius 3 is 2.50 bits per heavy atom. The maximum absolute atomic E-state index is 12.1.